The topological polar surface area (TPSA) is 93.1 Å². The van der Waals surface area contributed by atoms with E-state index in [1.807, 2.05) is 0 Å². The molecular formula is C14H14O6. The molecule has 1 aromatic rings. The second-order valence-corrected chi connectivity index (χ2v) is 5.19. The maximum atomic E-state index is 11.2. The molecule has 0 aliphatic heterocycles. The Morgan fingerprint density at radius 1 is 1.00 bits per heavy atom. The van der Waals surface area contributed by atoms with Crippen LogP contribution >= 0.6 is 0 Å². The van der Waals surface area contributed by atoms with E-state index in [0.717, 1.165) is 0 Å². The summed E-state index contributed by atoms with van der Waals surface area (Å²) < 4.78 is 10.3. The van der Waals surface area contributed by atoms with E-state index >= 15 is 0 Å². The summed E-state index contributed by atoms with van der Waals surface area (Å²) in [5, 5.41) is 18.4. The molecule has 6 nitrogen and oxygen atoms in total. The van der Waals surface area contributed by atoms with E-state index in [2.05, 4.69) is 0 Å². The smallest absolute Gasteiger partial charge is 0.307 e. The van der Waals surface area contributed by atoms with Crippen LogP contribution in [0.3, 0.4) is 0 Å². The first-order valence-electron chi connectivity index (χ1n) is 6.17. The zero-order valence-electron chi connectivity index (χ0n) is 11.0. The van der Waals surface area contributed by atoms with Gasteiger partial charge >= 0.3 is 11.9 Å². The lowest BCUT2D eigenvalue weighted by Gasteiger charge is -2.16. The Balaban J connectivity index is 2.03. The van der Waals surface area contributed by atoms with Gasteiger partial charge in [-0.25, -0.2) is 0 Å². The molecule has 0 radical (unpaired) electrons. The van der Waals surface area contributed by atoms with Crippen molar-refractivity contribution in [2.45, 2.75) is 5.41 Å². The fourth-order valence-electron chi connectivity index (χ4n) is 3.46. The summed E-state index contributed by atoms with van der Waals surface area (Å²) >= 11 is 0. The first kappa shape index (κ1) is 12.8. The molecule has 106 valence electrons. The fraction of sp³-hybridized carbons (Fsp3) is 0.429. The van der Waals surface area contributed by atoms with Gasteiger partial charge in [0.15, 0.2) is 0 Å². The van der Waals surface area contributed by atoms with E-state index in [-0.39, 0.29) is 5.92 Å². The standard InChI is InChI=1S/C14H14O6/c1-19-7-3-6(4-8(5-7)20-2)14-9(10(14)12(15)16)11(14)13(17)18/h3-5,9-11H,1-2H3,(H,15,16)(H,17,18). The van der Waals surface area contributed by atoms with Crippen molar-refractivity contribution in [3.8, 4) is 11.5 Å². The molecule has 2 aliphatic carbocycles. The fourth-order valence-corrected chi connectivity index (χ4v) is 3.46. The van der Waals surface area contributed by atoms with Crippen LogP contribution in [0.4, 0.5) is 0 Å². The molecule has 2 unspecified atom stereocenters. The van der Waals surface area contributed by atoms with Crippen LogP contribution in [0.1, 0.15) is 5.56 Å². The third-order valence-corrected chi connectivity index (χ3v) is 4.46. The molecule has 0 heterocycles. The Kier molecular flexibility index (Phi) is 2.48. The first-order chi connectivity index (χ1) is 9.48. The normalized spacial score (nSPS) is 33.0. The van der Waals surface area contributed by atoms with Gasteiger partial charge in [0.05, 0.1) is 26.1 Å². The van der Waals surface area contributed by atoms with Gasteiger partial charge in [0.2, 0.25) is 0 Å². The average molecular weight is 278 g/mol. The van der Waals surface area contributed by atoms with E-state index in [1.54, 1.807) is 18.2 Å². The summed E-state index contributed by atoms with van der Waals surface area (Å²) in [6.07, 6.45) is 0. The molecule has 0 amide bonds. The summed E-state index contributed by atoms with van der Waals surface area (Å²) in [6, 6.07) is 5.06. The van der Waals surface area contributed by atoms with Crippen LogP contribution in [0, 0.1) is 17.8 Å². The summed E-state index contributed by atoms with van der Waals surface area (Å²) in [5.74, 6) is -2.42. The van der Waals surface area contributed by atoms with Crippen molar-refractivity contribution in [3.05, 3.63) is 23.8 Å². The molecule has 0 spiro atoms. The lowest BCUT2D eigenvalue weighted by molar-refractivity contribution is -0.144. The lowest BCUT2D eigenvalue weighted by Crippen LogP contribution is -2.25. The van der Waals surface area contributed by atoms with Gasteiger partial charge < -0.3 is 19.7 Å². The van der Waals surface area contributed by atoms with Crippen molar-refractivity contribution >= 4 is 11.9 Å². The Bertz CT molecular complexity index is 563. The van der Waals surface area contributed by atoms with Gasteiger partial charge in [0.1, 0.15) is 11.5 Å². The number of fused-ring (bicyclic) bond motifs is 1. The van der Waals surface area contributed by atoms with Crippen LogP contribution in [0.15, 0.2) is 18.2 Å². The third-order valence-electron chi connectivity index (χ3n) is 4.46. The maximum absolute atomic E-state index is 11.2. The second-order valence-electron chi connectivity index (χ2n) is 5.19. The van der Waals surface area contributed by atoms with Gasteiger partial charge in [0, 0.05) is 11.5 Å². The van der Waals surface area contributed by atoms with Gasteiger partial charge in [-0.2, -0.15) is 0 Å². The molecule has 1 aromatic carbocycles. The van der Waals surface area contributed by atoms with Crippen LogP contribution in [-0.2, 0) is 15.0 Å². The van der Waals surface area contributed by atoms with Crippen LogP contribution in [0.25, 0.3) is 0 Å². The summed E-state index contributed by atoms with van der Waals surface area (Å²) in [4.78, 5) is 22.4. The van der Waals surface area contributed by atoms with E-state index < -0.39 is 29.2 Å². The van der Waals surface area contributed by atoms with Crippen molar-refractivity contribution in [1.82, 2.24) is 0 Å². The molecule has 2 aliphatic rings. The zero-order chi connectivity index (χ0) is 14.7. The summed E-state index contributed by atoms with van der Waals surface area (Å²) in [5.41, 5.74) is -0.127. The number of rotatable bonds is 5. The van der Waals surface area contributed by atoms with Crippen molar-refractivity contribution in [2.24, 2.45) is 17.8 Å². The zero-order valence-corrected chi connectivity index (χ0v) is 11.0. The minimum Gasteiger partial charge on any atom is -0.497 e. The number of hydrogen-bond acceptors (Lipinski definition) is 4. The van der Waals surface area contributed by atoms with Crippen molar-refractivity contribution in [1.29, 1.82) is 0 Å². The predicted molar refractivity (Wildman–Crippen MR) is 67.0 cm³/mol. The number of benzene rings is 1. The summed E-state index contributed by atoms with van der Waals surface area (Å²) in [7, 11) is 2.99. The Hall–Kier alpha value is -2.24. The van der Waals surface area contributed by atoms with Crippen LogP contribution in [-0.4, -0.2) is 36.4 Å². The number of carbonyl (C=O) groups is 2. The minimum absolute atomic E-state index is 0.325. The maximum Gasteiger partial charge on any atom is 0.307 e. The van der Waals surface area contributed by atoms with Gasteiger partial charge in [-0.3, -0.25) is 9.59 Å². The predicted octanol–water partition coefficient (Wildman–Crippen LogP) is 0.987. The Morgan fingerprint density at radius 3 is 1.80 bits per heavy atom. The number of ether oxygens (including phenoxy) is 2. The molecule has 2 N–H and O–H groups in total. The number of carboxylic acids is 2. The molecule has 2 fully saturated rings. The van der Waals surface area contributed by atoms with Crippen LogP contribution in [0.5, 0.6) is 11.5 Å². The molecule has 20 heavy (non-hydrogen) atoms. The molecule has 2 atom stereocenters. The molecular weight excluding hydrogens is 264 g/mol. The van der Waals surface area contributed by atoms with Crippen LogP contribution < -0.4 is 9.47 Å². The minimum atomic E-state index is -0.950. The Labute approximate surface area is 114 Å². The molecule has 6 heteroatoms. The molecule has 0 saturated heterocycles. The highest BCUT2D eigenvalue weighted by atomic mass is 16.5. The van der Waals surface area contributed by atoms with Crippen molar-refractivity contribution in [3.63, 3.8) is 0 Å². The quantitative estimate of drug-likeness (QED) is 0.834. The SMILES string of the molecule is COc1cc(OC)cc(C23C(C(=O)O)C2C3C(=O)O)c1. The number of carboxylic acid groups (broad SMARTS) is 2. The number of aliphatic carboxylic acids is 2. The number of hydrogen-bond donors (Lipinski definition) is 2. The largest absolute Gasteiger partial charge is 0.497 e. The van der Waals surface area contributed by atoms with Gasteiger partial charge in [-0.15, -0.1) is 0 Å². The molecule has 0 aromatic heterocycles. The third kappa shape index (κ3) is 1.39. The van der Waals surface area contributed by atoms with Gasteiger partial charge in [-0.1, -0.05) is 0 Å². The van der Waals surface area contributed by atoms with E-state index in [9.17, 15) is 19.8 Å². The Morgan fingerprint density at radius 2 is 1.45 bits per heavy atom. The highest BCUT2D eigenvalue weighted by molar-refractivity contribution is 5.93. The monoisotopic (exact) mass is 278 g/mol. The van der Waals surface area contributed by atoms with E-state index in [4.69, 9.17) is 9.47 Å². The molecule has 2 saturated carbocycles. The highest BCUT2D eigenvalue weighted by Crippen LogP contribution is 2.84. The molecule has 0 bridgehead atoms. The van der Waals surface area contributed by atoms with Crippen molar-refractivity contribution in [2.75, 3.05) is 14.2 Å². The van der Waals surface area contributed by atoms with Crippen LogP contribution in [0.2, 0.25) is 0 Å². The molecule has 3 rings (SSSR count). The van der Waals surface area contributed by atoms with E-state index in [0.29, 0.717) is 17.1 Å². The van der Waals surface area contributed by atoms with Crippen molar-refractivity contribution < 1.29 is 29.3 Å². The first-order valence-corrected chi connectivity index (χ1v) is 6.17. The summed E-state index contributed by atoms with van der Waals surface area (Å²) in [6.45, 7) is 0. The van der Waals surface area contributed by atoms with E-state index in [1.165, 1.54) is 14.2 Å². The van der Waals surface area contributed by atoms with Gasteiger partial charge in [0.25, 0.3) is 0 Å². The lowest BCUT2D eigenvalue weighted by atomic mass is 9.89. The number of methoxy groups -OCH3 is 2. The van der Waals surface area contributed by atoms with Gasteiger partial charge in [-0.05, 0) is 23.6 Å². The average Bonchev–Trinajstić information content (AvgIpc) is 3.25. The second kappa shape index (κ2) is 3.88. The highest BCUT2D eigenvalue weighted by Gasteiger charge is 2.92.